The maximum Gasteiger partial charge on any atom is 0.0682 e. The van der Waals surface area contributed by atoms with Crippen molar-refractivity contribution in [1.82, 2.24) is 5.48 Å². The molecule has 0 aliphatic rings. The lowest BCUT2D eigenvalue weighted by Gasteiger charge is -2.03. The zero-order valence-electron chi connectivity index (χ0n) is 12.5. The highest BCUT2D eigenvalue weighted by Crippen LogP contribution is 2.11. The largest absolute Gasteiger partial charge is 0.302 e. The Labute approximate surface area is 125 Å². The third-order valence-electron chi connectivity index (χ3n) is 3.24. The summed E-state index contributed by atoms with van der Waals surface area (Å²) in [4.78, 5) is 5.08. The molecule has 0 rings (SSSR count). The molecule has 0 heterocycles. The van der Waals surface area contributed by atoms with Crippen LogP contribution in [0.25, 0.3) is 0 Å². The van der Waals surface area contributed by atoms with E-state index in [1.54, 1.807) is 0 Å². The molecule has 2 nitrogen and oxygen atoms in total. The van der Waals surface area contributed by atoms with Gasteiger partial charge in [0.15, 0.2) is 0 Å². The minimum atomic E-state index is 0. The van der Waals surface area contributed by atoms with Gasteiger partial charge in [0, 0.05) is 7.05 Å². The van der Waals surface area contributed by atoms with Crippen LogP contribution in [0.2, 0.25) is 0 Å². The second kappa shape index (κ2) is 19.7. The molecule has 0 fully saturated rings. The highest BCUT2D eigenvalue weighted by Gasteiger charge is 1.93. The Morgan fingerprint density at radius 1 is 0.667 bits per heavy atom. The van der Waals surface area contributed by atoms with Crippen molar-refractivity contribution in [3.05, 3.63) is 0 Å². The van der Waals surface area contributed by atoms with Crippen molar-refractivity contribution in [2.45, 2.75) is 84.0 Å². The van der Waals surface area contributed by atoms with Crippen LogP contribution >= 0.6 is 17.0 Å². The fourth-order valence-corrected chi connectivity index (χ4v) is 2.12. The molecule has 0 spiro atoms. The van der Waals surface area contributed by atoms with Gasteiger partial charge in [0.1, 0.15) is 0 Å². The topological polar surface area (TPSA) is 21.3 Å². The average molecular weight is 324 g/mol. The van der Waals surface area contributed by atoms with Gasteiger partial charge >= 0.3 is 0 Å². The number of hydrogen-bond donors (Lipinski definition) is 1. The van der Waals surface area contributed by atoms with Gasteiger partial charge < -0.3 is 4.84 Å². The Hall–Kier alpha value is 0.400. The third kappa shape index (κ3) is 18.8. The molecule has 0 aliphatic carbocycles. The van der Waals surface area contributed by atoms with Crippen LogP contribution in [-0.4, -0.2) is 13.7 Å². The van der Waals surface area contributed by atoms with E-state index < -0.39 is 0 Å². The van der Waals surface area contributed by atoms with Crippen molar-refractivity contribution >= 4 is 17.0 Å². The highest BCUT2D eigenvalue weighted by molar-refractivity contribution is 8.93. The fraction of sp³-hybridized carbons (Fsp3) is 1.00. The standard InChI is InChI=1S/C15H33NO.BrH/c1-3-4-5-6-7-8-9-10-11-12-13-14-15-17-16-2;/h16H,3-15H2,1-2H3;1H. The molecule has 0 atom stereocenters. The molecule has 112 valence electrons. The van der Waals surface area contributed by atoms with Gasteiger partial charge in [-0.05, 0) is 6.42 Å². The molecule has 0 aromatic carbocycles. The van der Waals surface area contributed by atoms with E-state index >= 15 is 0 Å². The summed E-state index contributed by atoms with van der Waals surface area (Å²) < 4.78 is 0. The Bertz CT molecular complexity index is 120. The van der Waals surface area contributed by atoms with E-state index in [1.165, 1.54) is 77.0 Å². The zero-order valence-corrected chi connectivity index (χ0v) is 14.2. The molecular weight excluding hydrogens is 290 g/mol. The van der Waals surface area contributed by atoms with E-state index in [2.05, 4.69) is 12.4 Å². The lowest BCUT2D eigenvalue weighted by molar-refractivity contribution is 0.0550. The molecule has 0 amide bonds. The van der Waals surface area contributed by atoms with E-state index in [-0.39, 0.29) is 17.0 Å². The molecule has 0 radical (unpaired) electrons. The maximum absolute atomic E-state index is 5.08. The smallest absolute Gasteiger partial charge is 0.0682 e. The first-order chi connectivity index (χ1) is 8.41. The minimum absolute atomic E-state index is 0. The second-order valence-electron chi connectivity index (χ2n) is 4.94. The van der Waals surface area contributed by atoms with E-state index in [0.29, 0.717) is 0 Å². The van der Waals surface area contributed by atoms with Crippen LogP contribution in [0.15, 0.2) is 0 Å². The van der Waals surface area contributed by atoms with Gasteiger partial charge in [-0.2, -0.15) is 0 Å². The summed E-state index contributed by atoms with van der Waals surface area (Å²) in [6.45, 7) is 3.13. The second-order valence-corrected chi connectivity index (χ2v) is 4.94. The first-order valence-electron chi connectivity index (χ1n) is 7.70. The van der Waals surface area contributed by atoms with Crippen LogP contribution in [0.5, 0.6) is 0 Å². The molecule has 3 heteroatoms. The molecule has 0 aromatic heterocycles. The summed E-state index contributed by atoms with van der Waals surface area (Å²) in [6.07, 6.45) is 16.8. The number of nitrogens with one attached hydrogen (secondary N) is 1. The van der Waals surface area contributed by atoms with Crippen molar-refractivity contribution in [1.29, 1.82) is 0 Å². The van der Waals surface area contributed by atoms with Crippen LogP contribution in [0.1, 0.15) is 84.0 Å². The molecule has 0 bridgehead atoms. The summed E-state index contributed by atoms with van der Waals surface area (Å²) in [5.74, 6) is 0. The van der Waals surface area contributed by atoms with Gasteiger partial charge in [-0.3, -0.25) is 0 Å². The van der Waals surface area contributed by atoms with E-state index in [1.807, 2.05) is 7.05 Å². The van der Waals surface area contributed by atoms with Gasteiger partial charge in [0.05, 0.1) is 6.61 Å². The SMILES string of the molecule is Br.CCCCCCCCCCCCCCONC. The zero-order chi connectivity index (χ0) is 12.6. The maximum atomic E-state index is 5.08. The van der Waals surface area contributed by atoms with Gasteiger partial charge in [-0.15, -0.1) is 17.0 Å². The number of rotatable bonds is 14. The summed E-state index contributed by atoms with van der Waals surface area (Å²) in [7, 11) is 1.82. The van der Waals surface area contributed by atoms with Crippen molar-refractivity contribution < 1.29 is 4.84 Å². The highest BCUT2D eigenvalue weighted by atomic mass is 79.9. The summed E-state index contributed by atoms with van der Waals surface area (Å²) >= 11 is 0. The van der Waals surface area contributed by atoms with Crippen LogP contribution < -0.4 is 5.48 Å². The van der Waals surface area contributed by atoms with Gasteiger partial charge in [-0.1, -0.05) is 77.6 Å². The van der Waals surface area contributed by atoms with Crippen molar-refractivity contribution in [3.63, 3.8) is 0 Å². The molecular formula is C15H34BrNO. The molecule has 0 unspecified atom stereocenters. The molecule has 0 saturated heterocycles. The normalized spacial score (nSPS) is 10.3. The lowest BCUT2D eigenvalue weighted by atomic mass is 10.1. The monoisotopic (exact) mass is 323 g/mol. The van der Waals surface area contributed by atoms with Crippen molar-refractivity contribution in [2.75, 3.05) is 13.7 Å². The first kappa shape index (κ1) is 20.7. The quantitative estimate of drug-likeness (QED) is 0.340. The molecule has 18 heavy (non-hydrogen) atoms. The Kier molecular flexibility index (Phi) is 22.7. The summed E-state index contributed by atoms with van der Waals surface area (Å²) in [6, 6.07) is 0. The van der Waals surface area contributed by atoms with E-state index in [4.69, 9.17) is 4.84 Å². The van der Waals surface area contributed by atoms with Crippen molar-refractivity contribution in [3.8, 4) is 0 Å². The van der Waals surface area contributed by atoms with Gasteiger partial charge in [-0.25, -0.2) is 5.48 Å². The van der Waals surface area contributed by atoms with Crippen LogP contribution in [0.3, 0.4) is 0 Å². The number of halogens is 1. The van der Waals surface area contributed by atoms with Gasteiger partial charge in [0.25, 0.3) is 0 Å². The Balaban J connectivity index is 0. The number of hydroxylamine groups is 1. The van der Waals surface area contributed by atoms with Crippen LogP contribution in [-0.2, 0) is 4.84 Å². The lowest BCUT2D eigenvalue weighted by Crippen LogP contribution is -2.07. The third-order valence-corrected chi connectivity index (χ3v) is 3.24. The van der Waals surface area contributed by atoms with Crippen LogP contribution in [0, 0.1) is 0 Å². The predicted octanol–water partition coefficient (Wildman–Crippen LogP) is 5.42. The first-order valence-corrected chi connectivity index (χ1v) is 7.70. The predicted molar refractivity (Wildman–Crippen MR) is 86.4 cm³/mol. The van der Waals surface area contributed by atoms with Gasteiger partial charge in [0.2, 0.25) is 0 Å². The molecule has 0 saturated carbocycles. The average Bonchev–Trinajstić information content (AvgIpc) is 2.35. The molecule has 0 aliphatic heterocycles. The van der Waals surface area contributed by atoms with E-state index in [0.717, 1.165) is 6.61 Å². The minimum Gasteiger partial charge on any atom is -0.302 e. The number of unbranched alkanes of at least 4 members (excludes halogenated alkanes) is 11. The van der Waals surface area contributed by atoms with Crippen molar-refractivity contribution in [2.24, 2.45) is 0 Å². The Morgan fingerprint density at radius 2 is 1.06 bits per heavy atom. The molecule has 1 N–H and O–H groups in total. The summed E-state index contributed by atoms with van der Waals surface area (Å²) in [5, 5.41) is 0. The van der Waals surface area contributed by atoms with E-state index in [9.17, 15) is 0 Å². The Morgan fingerprint density at radius 3 is 1.44 bits per heavy atom. The summed E-state index contributed by atoms with van der Waals surface area (Å²) in [5.41, 5.74) is 2.71. The molecule has 0 aromatic rings. The fourth-order valence-electron chi connectivity index (χ4n) is 2.12. The van der Waals surface area contributed by atoms with Crippen LogP contribution in [0.4, 0.5) is 0 Å². The number of hydrogen-bond acceptors (Lipinski definition) is 2.